The summed E-state index contributed by atoms with van der Waals surface area (Å²) in [6.45, 7) is 9.86. The first kappa shape index (κ1) is 23.2. The third-order valence-electron chi connectivity index (χ3n) is 5.88. The second-order valence-corrected chi connectivity index (χ2v) is 8.52. The Morgan fingerprint density at radius 2 is 1.97 bits per heavy atom. The third-order valence-corrected chi connectivity index (χ3v) is 6.44. The summed E-state index contributed by atoms with van der Waals surface area (Å²) in [5.41, 5.74) is 7.77. The molecule has 1 aromatic carbocycles. The number of fused-ring (bicyclic) bond motifs is 1. The molecule has 31 heavy (non-hydrogen) atoms. The lowest BCUT2D eigenvalue weighted by Gasteiger charge is -2.28. The van der Waals surface area contributed by atoms with E-state index in [4.69, 9.17) is 33.7 Å². The maximum atomic E-state index is 13.6. The van der Waals surface area contributed by atoms with E-state index in [1.807, 2.05) is 6.92 Å². The molecule has 3 rings (SSSR count). The minimum Gasteiger partial charge on any atom is -0.440 e. The van der Waals surface area contributed by atoms with Crippen LogP contribution in [-0.4, -0.2) is 24.2 Å². The van der Waals surface area contributed by atoms with Gasteiger partial charge in [0.1, 0.15) is 17.4 Å². The number of hydrogen-bond donors (Lipinski definition) is 2. The van der Waals surface area contributed by atoms with E-state index >= 15 is 0 Å². The van der Waals surface area contributed by atoms with Crippen LogP contribution in [0.25, 0.3) is 0 Å². The molecular weight excluding hydrogens is 435 g/mol. The molecule has 6 nitrogen and oxygen atoms in total. The standard InChI is InChI=1S/C23H26Cl2N4O2/c1-4-28(5-2)9-6-10-29-14(3)11-19-21(23(29)30)20(17(13-26)22(27)31-19)16-8-7-15(24)12-18(16)25/h7-8,11-12,20H,4-6,9-10,27H2,1-3H3/p+1/t20-/m0/s1. The van der Waals surface area contributed by atoms with Crippen LogP contribution in [0.2, 0.25) is 10.0 Å². The van der Waals surface area contributed by atoms with Crippen molar-refractivity contribution in [1.29, 1.82) is 5.26 Å². The zero-order chi connectivity index (χ0) is 22.7. The van der Waals surface area contributed by atoms with Crippen LogP contribution in [-0.2, 0) is 6.54 Å². The van der Waals surface area contributed by atoms with Crippen LogP contribution in [0.3, 0.4) is 0 Å². The highest BCUT2D eigenvalue weighted by atomic mass is 35.5. The molecule has 0 bridgehead atoms. The first-order valence-electron chi connectivity index (χ1n) is 10.4. The van der Waals surface area contributed by atoms with Gasteiger partial charge in [-0.1, -0.05) is 29.3 Å². The number of nitrogens with one attached hydrogen (secondary N) is 1. The Kier molecular flexibility index (Phi) is 7.32. The molecule has 3 N–H and O–H groups in total. The summed E-state index contributed by atoms with van der Waals surface area (Å²) < 4.78 is 7.44. The first-order chi connectivity index (χ1) is 14.8. The fraction of sp³-hybridized carbons (Fsp3) is 0.391. The van der Waals surface area contributed by atoms with Crippen LogP contribution in [0, 0.1) is 18.3 Å². The van der Waals surface area contributed by atoms with E-state index in [1.165, 1.54) is 4.90 Å². The molecule has 164 valence electrons. The molecule has 0 spiro atoms. The van der Waals surface area contributed by atoms with Crippen LogP contribution < -0.4 is 20.9 Å². The van der Waals surface area contributed by atoms with Gasteiger partial charge in [0.2, 0.25) is 5.88 Å². The van der Waals surface area contributed by atoms with E-state index in [9.17, 15) is 10.1 Å². The van der Waals surface area contributed by atoms with Crippen molar-refractivity contribution in [2.75, 3.05) is 19.6 Å². The topological polar surface area (TPSA) is 85.5 Å². The van der Waals surface area contributed by atoms with Crippen molar-refractivity contribution in [2.45, 2.75) is 39.7 Å². The number of halogens is 2. The quantitative estimate of drug-likeness (QED) is 0.663. The zero-order valence-electron chi connectivity index (χ0n) is 18.0. The maximum absolute atomic E-state index is 13.6. The second kappa shape index (κ2) is 9.78. The average Bonchev–Trinajstić information content (AvgIpc) is 2.72. The first-order valence-corrected chi connectivity index (χ1v) is 11.2. The number of hydrogen-bond acceptors (Lipinski definition) is 4. The summed E-state index contributed by atoms with van der Waals surface area (Å²) >= 11 is 12.5. The maximum Gasteiger partial charge on any atom is 0.258 e. The number of benzene rings is 1. The lowest BCUT2D eigenvalue weighted by atomic mass is 9.84. The Balaban J connectivity index is 2.11. The fourth-order valence-electron chi connectivity index (χ4n) is 4.10. The summed E-state index contributed by atoms with van der Waals surface area (Å²) in [5.74, 6) is -0.375. The number of aryl methyl sites for hydroxylation is 1. The Morgan fingerprint density at radius 1 is 1.26 bits per heavy atom. The molecule has 1 atom stereocenters. The molecule has 0 saturated carbocycles. The fourth-order valence-corrected chi connectivity index (χ4v) is 4.62. The van der Waals surface area contributed by atoms with Gasteiger partial charge in [-0.3, -0.25) is 4.79 Å². The molecule has 1 aromatic heterocycles. The third kappa shape index (κ3) is 4.59. The van der Waals surface area contributed by atoms with Gasteiger partial charge in [0.25, 0.3) is 5.56 Å². The summed E-state index contributed by atoms with van der Waals surface area (Å²) in [6.07, 6.45) is 0.868. The number of rotatable bonds is 7. The van der Waals surface area contributed by atoms with Gasteiger partial charge in [0, 0.05) is 34.8 Å². The van der Waals surface area contributed by atoms with E-state index in [1.54, 1.807) is 28.8 Å². The van der Waals surface area contributed by atoms with Crippen molar-refractivity contribution in [3.8, 4) is 11.8 Å². The van der Waals surface area contributed by atoms with Gasteiger partial charge in [-0.25, -0.2) is 0 Å². The number of aromatic nitrogens is 1. The molecule has 8 heteroatoms. The number of quaternary nitrogens is 1. The van der Waals surface area contributed by atoms with E-state index in [2.05, 4.69) is 19.9 Å². The average molecular weight is 462 g/mol. The molecule has 0 saturated heterocycles. The summed E-state index contributed by atoms with van der Waals surface area (Å²) in [4.78, 5) is 15.1. The van der Waals surface area contributed by atoms with Crippen LogP contribution >= 0.6 is 23.2 Å². The highest BCUT2D eigenvalue weighted by molar-refractivity contribution is 6.35. The minimum atomic E-state index is -0.716. The number of nitrogens with zero attached hydrogens (tertiary/aromatic N) is 2. The SMILES string of the molecule is CC[NH+](CC)CCCn1c(C)cc2c(c1=O)[C@@H](c1ccc(Cl)cc1Cl)C(C#N)=C(N)O2. The lowest BCUT2D eigenvalue weighted by Crippen LogP contribution is -3.11. The summed E-state index contributed by atoms with van der Waals surface area (Å²) in [5, 5.41) is 10.6. The molecule has 0 radical (unpaired) electrons. The number of pyridine rings is 1. The molecule has 0 aliphatic carbocycles. The van der Waals surface area contributed by atoms with Crippen molar-refractivity contribution in [2.24, 2.45) is 5.73 Å². The van der Waals surface area contributed by atoms with Crippen LogP contribution in [0.4, 0.5) is 0 Å². The Morgan fingerprint density at radius 3 is 2.58 bits per heavy atom. The lowest BCUT2D eigenvalue weighted by molar-refractivity contribution is -0.896. The van der Waals surface area contributed by atoms with Crippen molar-refractivity contribution < 1.29 is 9.64 Å². The normalized spacial score (nSPS) is 15.6. The van der Waals surface area contributed by atoms with Crippen LogP contribution in [0.15, 0.2) is 40.5 Å². The van der Waals surface area contributed by atoms with Crippen LogP contribution in [0.5, 0.6) is 5.75 Å². The number of ether oxygens (including phenoxy) is 1. The van der Waals surface area contributed by atoms with Gasteiger partial charge in [-0.2, -0.15) is 5.26 Å². The molecule has 1 aliphatic heterocycles. The summed E-state index contributed by atoms with van der Waals surface area (Å²) in [7, 11) is 0. The summed E-state index contributed by atoms with van der Waals surface area (Å²) in [6, 6.07) is 8.91. The van der Waals surface area contributed by atoms with Gasteiger partial charge in [-0.15, -0.1) is 0 Å². The van der Waals surface area contributed by atoms with E-state index < -0.39 is 5.92 Å². The van der Waals surface area contributed by atoms with Crippen molar-refractivity contribution in [1.82, 2.24) is 4.57 Å². The monoisotopic (exact) mass is 461 g/mol. The van der Waals surface area contributed by atoms with Crippen molar-refractivity contribution in [3.05, 3.63) is 72.9 Å². The Bertz CT molecular complexity index is 1110. The van der Waals surface area contributed by atoms with Gasteiger partial charge >= 0.3 is 0 Å². The largest absolute Gasteiger partial charge is 0.440 e. The molecule has 2 aromatic rings. The molecule has 0 fully saturated rings. The predicted molar refractivity (Wildman–Crippen MR) is 123 cm³/mol. The molecule has 2 heterocycles. The molecule has 0 amide bonds. The Labute approximate surface area is 192 Å². The molecule has 0 unspecified atom stereocenters. The van der Waals surface area contributed by atoms with Crippen molar-refractivity contribution >= 4 is 23.2 Å². The van der Waals surface area contributed by atoms with Crippen molar-refractivity contribution in [3.63, 3.8) is 0 Å². The highest BCUT2D eigenvalue weighted by Gasteiger charge is 2.35. The van der Waals surface area contributed by atoms with Gasteiger partial charge in [-0.05, 0) is 38.5 Å². The molecule has 1 aliphatic rings. The van der Waals surface area contributed by atoms with E-state index in [0.29, 0.717) is 33.5 Å². The Hall–Kier alpha value is -2.46. The minimum absolute atomic E-state index is 0.0206. The smallest absolute Gasteiger partial charge is 0.258 e. The van der Waals surface area contributed by atoms with E-state index in [0.717, 1.165) is 31.7 Å². The highest BCUT2D eigenvalue weighted by Crippen LogP contribution is 2.43. The molecular formula is C23H27Cl2N4O2+. The number of allylic oxidation sites excluding steroid dienone is 1. The van der Waals surface area contributed by atoms with Gasteiger partial charge in [0.15, 0.2) is 0 Å². The van der Waals surface area contributed by atoms with E-state index in [-0.39, 0.29) is 17.0 Å². The van der Waals surface area contributed by atoms with Gasteiger partial charge < -0.3 is 19.9 Å². The second-order valence-electron chi connectivity index (χ2n) is 7.67. The number of nitrogens with two attached hydrogens (primary N) is 1. The van der Waals surface area contributed by atoms with Gasteiger partial charge in [0.05, 0.1) is 31.1 Å². The zero-order valence-corrected chi connectivity index (χ0v) is 19.5. The van der Waals surface area contributed by atoms with Crippen LogP contribution in [0.1, 0.15) is 43.0 Å². The predicted octanol–water partition coefficient (Wildman–Crippen LogP) is 3.00. The number of nitriles is 1.